The monoisotopic (exact) mass is 294 g/mol. The van der Waals surface area contributed by atoms with Crippen LogP contribution in [0.1, 0.15) is 0 Å². The molecule has 2 rings (SSSR count). The summed E-state index contributed by atoms with van der Waals surface area (Å²) in [4.78, 5) is 11.6. The zero-order chi connectivity index (χ0) is 13.8. The van der Waals surface area contributed by atoms with Gasteiger partial charge in [0.25, 0.3) is 0 Å². The van der Waals surface area contributed by atoms with E-state index in [1.165, 1.54) is 35.7 Å². The molecule has 19 heavy (non-hydrogen) atoms. The van der Waals surface area contributed by atoms with Crippen molar-refractivity contribution in [3.8, 4) is 12.3 Å². The molecule has 1 heterocycles. The Morgan fingerprint density at radius 3 is 2.74 bits per heavy atom. The number of allylic oxidation sites excluding steroid dienone is 2. The second-order valence-electron chi connectivity index (χ2n) is 3.62. The molecule has 0 aliphatic carbocycles. The zero-order valence-electron chi connectivity index (χ0n) is 9.65. The molecule has 0 N–H and O–H groups in total. The predicted molar refractivity (Wildman–Crippen MR) is 74.7 cm³/mol. The number of hydrogen-bond acceptors (Lipinski definition) is 3. The highest BCUT2D eigenvalue weighted by Gasteiger charge is 2.14. The van der Waals surface area contributed by atoms with Crippen molar-refractivity contribution in [3.63, 3.8) is 0 Å². The molecule has 0 aromatic heterocycles. The molecule has 0 fully saturated rings. The third kappa shape index (κ3) is 3.49. The maximum absolute atomic E-state index is 13.5. The van der Waals surface area contributed by atoms with E-state index < -0.39 is 11.6 Å². The fourth-order valence-electron chi connectivity index (χ4n) is 1.38. The first-order valence-electron chi connectivity index (χ1n) is 5.27. The molecule has 0 saturated carbocycles. The van der Waals surface area contributed by atoms with Crippen molar-refractivity contribution in [1.29, 1.82) is 0 Å². The van der Waals surface area contributed by atoms with E-state index in [-0.39, 0.29) is 5.78 Å². The fraction of sp³-hybridized carbons (Fsp3) is 0.0714. The summed E-state index contributed by atoms with van der Waals surface area (Å²) in [7, 11) is 0. The lowest BCUT2D eigenvalue weighted by Crippen LogP contribution is -2.03. The lowest BCUT2D eigenvalue weighted by Gasteiger charge is -2.11. The molecule has 1 aromatic carbocycles. The van der Waals surface area contributed by atoms with Gasteiger partial charge in [-0.05, 0) is 24.1 Å². The van der Waals surface area contributed by atoms with Gasteiger partial charge in [0.15, 0.2) is 0 Å². The van der Waals surface area contributed by atoms with Crippen LogP contribution >= 0.6 is 23.5 Å². The fourth-order valence-corrected chi connectivity index (χ4v) is 3.39. The van der Waals surface area contributed by atoms with Gasteiger partial charge in [0.05, 0.1) is 0 Å². The first-order valence-corrected chi connectivity index (χ1v) is 7.08. The number of thioether (sulfide) groups is 2. The summed E-state index contributed by atoms with van der Waals surface area (Å²) in [5, 5.41) is 0. The Kier molecular flexibility index (Phi) is 4.46. The van der Waals surface area contributed by atoms with Crippen LogP contribution in [0, 0.1) is 24.0 Å². The third-order valence-electron chi connectivity index (χ3n) is 2.32. The van der Waals surface area contributed by atoms with Gasteiger partial charge in [-0.2, -0.15) is 0 Å². The van der Waals surface area contributed by atoms with Crippen molar-refractivity contribution >= 4 is 29.3 Å². The average Bonchev–Trinajstić information content (AvgIpc) is 2.42. The molecule has 0 saturated heterocycles. The molecule has 0 unspecified atom stereocenters. The van der Waals surface area contributed by atoms with Gasteiger partial charge >= 0.3 is 0 Å². The molecule has 1 nitrogen and oxygen atoms in total. The maximum atomic E-state index is 13.5. The molecule has 1 aromatic rings. The van der Waals surface area contributed by atoms with Gasteiger partial charge in [-0.25, -0.2) is 8.78 Å². The minimum atomic E-state index is -0.603. The number of halogens is 2. The van der Waals surface area contributed by atoms with E-state index in [2.05, 4.69) is 5.92 Å². The quantitative estimate of drug-likeness (QED) is 0.624. The highest BCUT2D eigenvalue weighted by atomic mass is 32.2. The van der Waals surface area contributed by atoms with Crippen molar-refractivity contribution in [2.45, 2.75) is 4.90 Å². The molecular formula is C14H8F2OS2. The SMILES string of the molecule is C#CC(=O)C1=CC=C(Sc2ccc(F)cc2F)SC1. The molecule has 0 atom stereocenters. The number of carbonyl (C=O) groups is 1. The molecule has 1 aliphatic heterocycles. The van der Waals surface area contributed by atoms with Gasteiger partial charge in [-0.1, -0.05) is 17.8 Å². The minimum absolute atomic E-state index is 0.333. The van der Waals surface area contributed by atoms with Crippen LogP contribution in [0.4, 0.5) is 8.78 Å². The van der Waals surface area contributed by atoms with E-state index in [0.29, 0.717) is 16.2 Å². The third-order valence-corrected chi connectivity index (χ3v) is 4.69. The van der Waals surface area contributed by atoms with E-state index in [9.17, 15) is 13.6 Å². The Balaban J connectivity index is 2.13. The standard InChI is InChI=1S/C14H8F2OS2/c1-2-12(17)9-3-6-14(18-8-9)19-13-5-4-10(15)7-11(13)16/h1,3-7H,8H2. The summed E-state index contributed by atoms with van der Waals surface area (Å²) in [6.07, 6.45) is 8.39. The van der Waals surface area contributed by atoms with Crippen LogP contribution < -0.4 is 0 Å². The second kappa shape index (κ2) is 6.09. The Bertz CT molecular complexity index is 627. The molecule has 96 valence electrons. The summed E-state index contributed by atoms with van der Waals surface area (Å²) >= 11 is 2.60. The van der Waals surface area contributed by atoms with Crippen molar-refractivity contribution in [1.82, 2.24) is 0 Å². The summed E-state index contributed by atoms with van der Waals surface area (Å²) < 4.78 is 27.1. The number of Topliss-reactive ketones (excluding diaryl/α,β-unsaturated/α-hetero) is 1. The molecule has 0 spiro atoms. The van der Waals surface area contributed by atoms with E-state index in [0.717, 1.165) is 10.3 Å². The van der Waals surface area contributed by atoms with Crippen LogP contribution in [0.15, 0.2) is 45.1 Å². The van der Waals surface area contributed by atoms with Crippen molar-refractivity contribution in [2.75, 3.05) is 5.75 Å². The first kappa shape index (κ1) is 13.9. The van der Waals surface area contributed by atoms with E-state index in [1.807, 2.05) is 0 Å². The van der Waals surface area contributed by atoms with Gasteiger partial charge in [0.1, 0.15) is 11.6 Å². The Morgan fingerprint density at radius 1 is 1.37 bits per heavy atom. The predicted octanol–water partition coefficient (Wildman–Crippen LogP) is 3.77. The van der Waals surface area contributed by atoms with Gasteiger partial charge in [0, 0.05) is 26.5 Å². The lowest BCUT2D eigenvalue weighted by molar-refractivity contribution is -0.110. The highest BCUT2D eigenvalue weighted by molar-refractivity contribution is 8.22. The van der Waals surface area contributed by atoms with Gasteiger partial charge < -0.3 is 0 Å². The van der Waals surface area contributed by atoms with Crippen LogP contribution in [0.25, 0.3) is 0 Å². The topological polar surface area (TPSA) is 17.1 Å². The first-order chi connectivity index (χ1) is 9.10. The lowest BCUT2D eigenvalue weighted by atomic mass is 10.2. The average molecular weight is 294 g/mol. The largest absolute Gasteiger partial charge is 0.280 e. The maximum Gasteiger partial charge on any atom is 0.232 e. The summed E-state index contributed by atoms with van der Waals surface area (Å²) in [5.41, 5.74) is 0.552. The van der Waals surface area contributed by atoms with Gasteiger partial charge in [0.2, 0.25) is 5.78 Å². The molecule has 0 bridgehead atoms. The number of ketones is 1. The molecular weight excluding hydrogens is 286 g/mol. The molecule has 1 aliphatic rings. The second-order valence-corrected chi connectivity index (χ2v) is 5.98. The number of rotatable bonds is 3. The highest BCUT2D eigenvalue weighted by Crippen LogP contribution is 2.39. The molecule has 0 radical (unpaired) electrons. The summed E-state index contributed by atoms with van der Waals surface area (Å²) in [5.74, 6) is 0.987. The van der Waals surface area contributed by atoms with Gasteiger partial charge in [-0.3, -0.25) is 4.79 Å². The summed E-state index contributed by atoms with van der Waals surface area (Å²) in [6, 6.07) is 3.45. The van der Waals surface area contributed by atoms with Crippen LogP contribution in [0.3, 0.4) is 0 Å². The number of benzene rings is 1. The van der Waals surface area contributed by atoms with Crippen LogP contribution in [-0.2, 0) is 4.79 Å². The normalized spacial score (nSPS) is 14.4. The van der Waals surface area contributed by atoms with Crippen molar-refractivity contribution in [2.24, 2.45) is 0 Å². The minimum Gasteiger partial charge on any atom is -0.280 e. The van der Waals surface area contributed by atoms with E-state index >= 15 is 0 Å². The van der Waals surface area contributed by atoms with E-state index in [1.54, 1.807) is 12.2 Å². The van der Waals surface area contributed by atoms with Crippen molar-refractivity contribution < 1.29 is 13.6 Å². The van der Waals surface area contributed by atoms with Crippen LogP contribution in [0.2, 0.25) is 0 Å². The Morgan fingerprint density at radius 2 is 2.16 bits per heavy atom. The Hall–Kier alpha value is -1.51. The summed E-state index contributed by atoms with van der Waals surface area (Å²) in [6.45, 7) is 0. The Labute approximate surface area is 118 Å². The smallest absolute Gasteiger partial charge is 0.232 e. The number of hydrogen-bond donors (Lipinski definition) is 0. The number of terminal acetylenes is 1. The van der Waals surface area contributed by atoms with Crippen LogP contribution in [0.5, 0.6) is 0 Å². The zero-order valence-corrected chi connectivity index (χ0v) is 11.3. The molecule has 5 heteroatoms. The van der Waals surface area contributed by atoms with E-state index in [4.69, 9.17) is 6.42 Å². The number of carbonyl (C=O) groups excluding carboxylic acids is 1. The molecule has 0 amide bonds. The van der Waals surface area contributed by atoms with Crippen molar-refractivity contribution in [3.05, 3.63) is 51.8 Å². The van der Waals surface area contributed by atoms with Gasteiger partial charge in [-0.15, -0.1) is 18.2 Å². The van der Waals surface area contributed by atoms with Crippen LogP contribution in [-0.4, -0.2) is 11.5 Å².